The zero-order chi connectivity index (χ0) is 16.3. The summed E-state index contributed by atoms with van der Waals surface area (Å²) in [5.41, 5.74) is 0. The van der Waals surface area contributed by atoms with Crippen molar-refractivity contribution in [1.29, 1.82) is 0 Å². The highest BCUT2D eigenvalue weighted by molar-refractivity contribution is 5.66. The highest BCUT2D eigenvalue weighted by atomic mass is 16.4. The largest absolute Gasteiger partial charge is 0.481 e. The Morgan fingerprint density at radius 3 is 1.68 bits per heavy atom. The zero-order valence-electron chi connectivity index (χ0n) is 14.3. The van der Waals surface area contributed by atoms with Crippen molar-refractivity contribution in [2.75, 3.05) is 0 Å². The summed E-state index contributed by atoms with van der Waals surface area (Å²) >= 11 is 0. The summed E-state index contributed by atoms with van der Waals surface area (Å²) in [5.74, 6) is 11.3. The number of unbranched alkanes of at least 4 members (excludes halogenated alkanes) is 11. The lowest BCUT2D eigenvalue weighted by Gasteiger charge is -1.97. The third-order valence-electron chi connectivity index (χ3n) is 3.59. The lowest BCUT2D eigenvalue weighted by atomic mass is 10.1. The van der Waals surface area contributed by atoms with Crippen LogP contribution in [0, 0.1) is 23.7 Å². The summed E-state index contributed by atoms with van der Waals surface area (Å²) in [6, 6.07) is 0. The van der Waals surface area contributed by atoms with Gasteiger partial charge >= 0.3 is 5.97 Å². The second kappa shape index (κ2) is 17.6. The monoisotopic (exact) mass is 304 g/mol. The first kappa shape index (κ1) is 20.6. The van der Waals surface area contributed by atoms with Crippen LogP contribution in [0.4, 0.5) is 0 Å². The van der Waals surface area contributed by atoms with Crippen molar-refractivity contribution in [1.82, 2.24) is 0 Å². The van der Waals surface area contributed by atoms with E-state index in [0.717, 1.165) is 38.5 Å². The predicted octanol–water partition coefficient (Wildman–Crippen LogP) is 5.56. The maximum absolute atomic E-state index is 10.3. The van der Waals surface area contributed by atoms with Crippen LogP contribution in [0.3, 0.4) is 0 Å². The van der Waals surface area contributed by atoms with Gasteiger partial charge in [0, 0.05) is 19.3 Å². The van der Waals surface area contributed by atoms with Crippen LogP contribution >= 0.6 is 0 Å². The Kier molecular flexibility index (Phi) is 16.5. The van der Waals surface area contributed by atoms with E-state index in [1.54, 1.807) is 0 Å². The Labute approximate surface area is 137 Å². The van der Waals surface area contributed by atoms with Gasteiger partial charge in [0.25, 0.3) is 0 Å². The SMILES string of the molecule is CCCCCCCCCC#CC#CCCCCCCC(=O)O. The number of rotatable bonds is 13. The van der Waals surface area contributed by atoms with Crippen LogP contribution < -0.4 is 0 Å². The number of hydrogen-bond acceptors (Lipinski definition) is 1. The molecule has 0 aliphatic heterocycles. The van der Waals surface area contributed by atoms with Gasteiger partial charge in [-0.1, -0.05) is 70.1 Å². The smallest absolute Gasteiger partial charge is 0.303 e. The van der Waals surface area contributed by atoms with Crippen molar-refractivity contribution in [2.45, 2.75) is 96.8 Å². The first-order chi connectivity index (χ1) is 10.8. The van der Waals surface area contributed by atoms with Gasteiger partial charge in [-0.3, -0.25) is 4.79 Å². The summed E-state index contributed by atoms with van der Waals surface area (Å²) < 4.78 is 0. The summed E-state index contributed by atoms with van der Waals surface area (Å²) in [4.78, 5) is 10.3. The van der Waals surface area contributed by atoms with Gasteiger partial charge in [-0.2, -0.15) is 0 Å². The molecular weight excluding hydrogens is 272 g/mol. The molecule has 0 rings (SSSR count). The third kappa shape index (κ3) is 18.6. The Morgan fingerprint density at radius 1 is 0.727 bits per heavy atom. The van der Waals surface area contributed by atoms with E-state index in [9.17, 15) is 4.79 Å². The lowest BCUT2D eigenvalue weighted by Crippen LogP contribution is -1.93. The van der Waals surface area contributed by atoms with Crippen LogP contribution in [0.1, 0.15) is 96.8 Å². The third-order valence-corrected chi connectivity index (χ3v) is 3.59. The fourth-order valence-electron chi connectivity index (χ4n) is 2.23. The Balaban J connectivity index is 3.28. The predicted molar refractivity (Wildman–Crippen MR) is 93.5 cm³/mol. The molecule has 0 aromatic carbocycles. The fourth-order valence-corrected chi connectivity index (χ4v) is 2.23. The van der Waals surface area contributed by atoms with Gasteiger partial charge in [0.05, 0.1) is 0 Å². The Morgan fingerprint density at radius 2 is 1.18 bits per heavy atom. The zero-order valence-corrected chi connectivity index (χ0v) is 14.3. The molecule has 0 aromatic heterocycles. The van der Waals surface area contributed by atoms with Crippen molar-refractivity contribution in [3.8, 4) is 23.7 Å². The van der Waals surface area contributed by atoms with Crippen molar-refractivity contribution < 1.29 is 9.90 Å². The first-order valence-electron chi connectivity index (χ1n) is 8.95. The molecule has 2 nitrogen and oxygen atoms in total. The fraction of sp³-hybridized carbons (Fsp3) is 0.750. The number of aliphatic carboxylic acids is 1. The van der Waals surface area contributed by atoms with E-state index in [4.69, 9.17) is 5.11 Å². The maximum Gasteiger partial charge on any atom is 0.303 e. The molecule has 0 bridgehead atoms. The Bertz CT molecular complexity index is 376. The van der Waals surface area contributed by atoms with Gasteiger partial charge in [-0.15, -0.1) is 0 Å². The highest BCUT2D eigenvalue weighted by Gasteiger charge is 1.95. The van der Waals surface area contributed by atoms with Crippen molar-refractivity contribution in [2.24, 2.45) is 0 Å². The molecule has 0 aliphatic rings. The molecule has 0 spiro atoms. The molecule has 0 saturated carbocycles. The Hall–Kier alpha value is -1.41. The van der Waals surface area contributed by atoms with Gasteiger partial charge in [0.1, 0.15) is 0 Å². The van der Waals surface area contributed by atoms with E-state index in [-0.39, 0.29) is 6.42 Å². The highest BCUT2D eigenvalue weighted by Crippen LogP contribution is 2.07. The van der Waals surface area contributed by atoms with Crippen molar-refractivity contribution >= 4 is 5.97 Å². The van der Waals surface area contributed by atoms with E-state index >= 15 is 0 Å². The second-order valence-electron chi connectivity index (χ2n) is 5.78. The molecule has 22 heavy (non-hydrogen) atoms. The normalized spacial score (nSPS) is 9.50. The van der Waals surface area contributed by atoms with Gasteiger partial charge < -0.3 is 5.11 Å². The van der Waals surface area contributed by atoms with Crippen LogP contribution in [0.2, 0.25) is 0 Å². The second-order valence-corrected chi connectivity index (χ2v) is 5.78. The molecule has 0 aromatic rings. The summed E-state index contributed by atoms with van der Waals surface area (Å²) in [6.45, 7) is 2.25. The molecule has 0 saturated heterocycles. The molecule has 124 valence electrons. The molecule has 1 N–H and O–H groups in total. The first-order valence-corrected chi connectivity index (χ1v) is 8.95. The molecule has 0 amide bonds. The molecule has 0 atom stereocenters. The molecule has 0 heterocycles. The van der Waals surface area contributed by atoms with E-state index in [2.05, 4.69) is 30.6 Å². The van der Waals surface area contributed by atoms with Crippen molar-refractivity contribution in [3.63, 3.8) is 0 Å². The van der Waals surface area contributed by atoms with Gasteiger partial charge in [0.2, 0.25) is 0 Å². The minimum atomic E-state index is -0.698. The van der Waals surface area contributed by atoms with Crippen LogP contribution in [-0.4, -0.2) is 11.1 Å². The van der Waals surface area contributed by atoms with Gasteiger partial charge in [0.15, 0.2) is 0 Å². The molecular formula is C20H32O2. The van der Waals surface area contributed by atoms with E-state index in [1.165, 1.54) is 44.9 Å². The molecule has 0 fully saturated rings. The average molecular weight is 304 g/mol. The minimum absolute atomic E-state index is 0.287. The van der Waals surface area contributed by atoms with E-state index in [0.29, 0.717) is 0 Å². The number of hydrogen-bond donors (Lipinski definition) is 1. The maximum atomic E-state index is 10.3. The lowest BCUT2D eigenvalue weighted by molar-refractivity contribution is -0.137. The van der Waals surface area contributed by atoms with Crippen LogP contribution in [-0.2, 0) is 4.79 Å². The van der Waals surface area contributed by atoms with Crippen LogP contribution in [0.15, 0.2) is 0 Å². The van der Waals surface area contributed by atoms with Crippen molar-refractivity contribution in [3.05, 3.63) is 0 Å². The van der Waals surface area contributed by atoms with Crippen LogP contribution in [0.5, 0.6) is 0 Å². The number of carboxylic acids is 1. The molecule has 0 unspecified atom stereocenters. The van der Waals surface area contributed by atoms with Gasteiger partial charge in [-0.05, 0) is 31.1 Å². The number of carboxylic acid groups (broad SMARTS) is 1. The topological polar surface area (TPSA) is 37.3 Å². The average Bonchev–Trinajstić information content (AvgIpc) is 2.50. The van der Waals surface area contributed by atoms with E-state index < -0.39 is 5.97 Å². The molecule has 0 aliphatic carbocycles. The summed E-state index contributed by atoms with van der Waals surface area (Å²) in [5, 5.41) is 8.50. The summed E-state index contributed by atoms with van der Waals surface area (Å²) in [7, 11) is 0. The number of carbonyl (C=O) groups is 1. The minimum Gasteiger partial charge on any atom is -0.481 e. The van der Waals surface area contributed by atoms with Crippen LogP contribution in [0.25, 0.3) is 0 Å². The standard InChI is InChI=1S/C20H32O2/c1-2-3-4-5-6-7-8-9-10-11-12-13-14-15-16-17-18-19-20(21)22/h2-9,14-19H2,1H3,(H,21,22). The summed E-state index contributed by atoms with van der Waals surface area (Å²) in [6.07, 6.45) is 15.3. The molecule has 0 radical (unpaired) electrons. The van der Waals surface area contributed by atoms with Gasteiger partial charge in [-0.25, -0.2) is 0 Å². The molecule has 2 heteroatoms. The quantitative estimate of drug-likeness (QED) is 0.357. The van der Waals surface area contributed by atoms with E-state index in [1.807, 2.05) is 0 Å².